The van der Waals surface area contributed by atoms with Crippen LogP contribution in [0.1, 0.15) is 19.4 Å². The molecule has 0 aliphatic carbocycles. The standard InChI is InChI=1S/C11H15NO3/c1-8(2)10(13)7-15-6-9-3-4-11(14)12-5-9/h3-5,8H,6-7H2,1-2H3,(H,12,14). The van der Waals surface area contributed by atoms with Gasteiger partial charge in [0, 0.05) is 18.2 Å². The third kappa shape index (κ3) is 4.08. The Hall–Kier alpha value is -1.42. The van der Waals surface area contributed by atoms with Gasteiger partial charge in [0.25, 0.3) is 0 Å². The highest BCUT2D eigenvalue weighted by Crippen LogP contribution is 2.06. The normalized spacial score (nSPS) is 10.6. The largest absolute Gasteiger partial charge is 0.493 e. The number of Topliss-reactive ketones (excluding diaryl/α,β-unsaturated/α-hetero) is 1. The Bertz CT molecular complexity index is 319. The van der Waals surface area contributed by atoms with Crippen molar-refractivity contribution < 1.29 is 14.6 Å². The Morgan fingerprint density at radius 3 is 2.80 bits per heavy atom. The molecule has 0 unspecified atom stereocenters. The number of ketones is 1. The summed E-state index contributed by atoms with van der Waals surface area (Å²) in [6.07, 6.45) is 1.52. The monoisotopic (exact) mass is 209 g/mol. The van der Waals surface area contributed by atoms with E-state index in [1.165, 1.54) is 12.3 Å². The summed E-state index contributed by atoms with van der Waals surface area (Å²) in [7, 11) is 0. The van der Waals surface area contributed by atoms with Gasteiger partial charge >= 0.3 is 0 Å². The van der Waals surface area contributed by atoms with Gasteiger partial charge in [0.05, 0.1) is 6.61 Å². The van der Waals surface area contributed by atoms with E-state index in [4.69, 9.17) is 9.84 Å². The van der Waals surface area contributed by atoms with Gasteiger partial charge in [-0.15, -0.1) is 0 Å². The average Bonchev–Trinajstić information content (AvgIpc) is 2.20. The highest BCUT2D eigenvalue weighted by atomic mass is 16.5. The molecule has 82 valence electrons. The third-order valence-electron chi connectivity index (χ3n) is 1.97. The number of aromatic nitrogens is 1. The van der Waals surface area contributed by atoms with E-state index >= 15 is 0 Å². The summed E-state index contributed by atoms with van der Waals surface area (Å²) in [5.74, 6) is 0.0710. The van der Waals surface area contributed by atoms with Gasteiger partial charge in [0.15, 0.2) is 5.78 Å². The summed E-state index contributed by atoms with van der Waals surface area (Å²) in [5, 5.41) is 8.94. The van der Waals surface area contributed by atoms with Crippen LogP contribution in [0.25, 0.3) is 0 Å². The molecule has 0 radical (unpaired) electrons. The van der Waals surface area contributed by atoms with E-state index in [1.807, 2.05) is 13.8 Å². The van der Waals surface area contributed by atoms with Crippen molar-refractivity contribution in [2.45, 2.75) is 20.5 Å². The predicted octanol–water partition coefficient (Wildman–Crippen LogP) is 1.53. The number of rotatable bonds is 5. The number of ether oxygens (including phenoxy) is 1. The van der Waals surface area contributed by atoms with Crippen LogP contribution in [-0.4, -0.2) is 22.5 Å². The predicted molar refractivity (Wildman–Crippen MR) is 55.4 cm³/mol. The summed E-state index contributed by atoms with van der Waals surface area (Å²) in [6, 6.07) is 3.20. The van der Waals surface area contributed by atoms with Gasteiger partial charge in [-0.05, 0) is 11.6 Å². The topological polar surface area (TPSA) is 59.4 Å². The van der Waals surface area contributed by atoms with Crippen molar-refractivity contribution in [3.8, 4) is 5.88 Å². The van der Waals surface area contributed by atoms with Crippen molar-refractivity contribution in [1.82, 2.24) is 4.98 Å². The molecule has 0 bridgehead atoms. The minimum atomic E-state index is -0.0167. The molecule has 4 nitrogen and oxygen atoms in total. The summed E-state index contributed by atoms with van der Waals surface area (Å²) >= 11 is 0. The summed E-state index contributed by atoms with van der Waals surface area (Å²) in [6.45, 7) is 4.14. The second-order valence-electron chi connectivity index (χ2n) is 3.64. The zero-order valence-electron chi connectivity index (χ0n) is 8.93. The number of carbonyl (C=O) groups excluding carboxylic acids is 1. The molecule has 1 aromatic rings. The van der Waals surface area contributed by atoms with Gasteiger partial charge in [-0.2, -0.15) is 0 Å². The van der Waals surface area contributed by atoms with Crippen molar-refractivity contribution in [2.75, 3.05) is 6.61 Å². The molecule has 0 atom stereocenters. The molecule has 0 aliphatic rings. The second kappa shape index (κ2) is 5.46. The molecule has 0 saturated heterocycles. The quantitative estimate of drug-likeness (QED) is 0.798. The van der Waals surface area contributed by atoms with Crippen molar-refractivity contribution >= 4 is 5.78 Å². The zero-order chi connectivity index (χ0) is 11.3. The van der Waals surface area contributed by atoms with Crippen LogP contribution in [-0.2, 0) is 16.1 Å². The maximum atomic E-state index is 11.2. The van der Waals surface area contributed by atoms with Gasteiger partial charge < -0.3 is 9.84 Å². The van der Waals surface area contributed by atoms with Crippen LogP contribution in [0.3, 0.4) is 0 Å². The van der Waals surface area contributed by atoms with Crippen LogP contribution in [0, 0.1) is 5.92 Å². The summed E-state index contributed by atoms with van der Waals surface area (Å²) < 4.78 is 5.21. The second-order valence-corrected chi connectivity index (χ2v) is 3.64. The first-order chi connectivity index (χ1) is 7.09. The number of carbonyl (C=O) groups is 1. The highest BCUT2D eigenvalue weighted by molar-refractivity contribution is 5.81. The molecular weight excluding hydrogens is 194 g/mol. The van der Waals surface area contributed by atoms with E-state index in [1.54, 1.807) is 6.07 Å². The fraction of sp³-hybridized carbons (Fsp3) is 0.455. The minimum Gasteiger partial charge on any atom is -0.493 e. The molecule has 15 heavy (non-hydrogen) atoms. The maximum Gasteiger partial charge on any atom is 0.210 e. The van der Waals surface area contributed by atoms with Crippen LogP contribution in [0.15, 0.2) is 18.3 Å². The molecule has 0 aromatic carbocycles. The van der Waals surface area contributed by atoms with Crippen molar-refractivity contribution in [1.29, 1.82) is 0 Å². The van der Waals surface area contributed by atoms with Crippen LogP contribution >= 0.6 is 0 Å². The summed E-state index contributed by atoms with van der Waals surface area (Å²) in [4.78, 5) is 14.9. The van der Waals surface area contributed by atoms with Crippen LogP contribution in [0.5, 0.6) is 5.88 Å². The van der Waals surface area contributed by atoms with Crippen molar-refractivity contribution in [3.05, 3.63) is 23.9 Å². The van der Waals surface area contributed by atoms with E-state index in [0.717, 1.165) is 5.56 Å². The first-order valence-corrected chi connectivity index (χ1v) is 4.84. The molecule has 1 rings (SSSR count). The van der Waals surface area contributed by atoms with Crippen molar-refractivity contribution in [2.24, 2.45) is 5.92 Å². The molecule has 1 aromatic heterocycles. The van der Waals surface area contributed by atoms with E-state index in [9.17, 15) is 4.79 Å². The van der Waals surface area contributed by atoms with E-state index in [-0.39, 0.29) is 24.2 Å². The fourth-order valence-electron chi connectivity index (χ4n) is 0.938. The summed E-state index contributed by atoms with van der Waals surface area (Å²) in [5.41, 5.74) is 0.837. The molecule has 1 heterocycles. The van der Waals surface area contributed by atoms with E-state index < -0.39 is 0 Å². The van der Waals surface area contributed by atoms with E-state index in [0.29, 0.717) is 6.61 Å². The lowest BCUT2D eigenvalue weighted by Gasteiger charge is -2.05. The first-order valence-electron chi connectivity index (χ1n) is 4.84. The van der Waals surface area contributed by atoms with Gasteiger partial charge in [-0.3, -0.25) is 4.79 Å². The highest BCUT2D eigenvalue weighted by Gasteiger charge is 2.06. The van der Waals surface area contributed by atoms with Gasteiger partial charge in [0.2, 0.25) is 5.88 Å². The lowest BCUT2D eigenvalue weighted by Crippen LogP contribution is -2.14. The Labute approximate surface area is 88.9 Å². The fourth-order valence-corrected chi connectivity index (χ4v) is 0.938. The van der Waals surface area contributed by atoms with Crippen LogP contribution in [0.4, 0.5) is 0 Å². The smallest absolute Gasteiger partial charge is 0.210 e. The molecule has 0 amide bonds. The molecule has 0 spiro atoms. The lowest BCUT2D eigenvalue weighted by atomic mass is 10.1. The van der Waals surface area contributed by atoms with Gasteiger partial charge in [-0.1, -0.05) is 13.8 Å². The van der Waals surface area contributed by atoms with Crippen molar-refractivity contribution in [3.63, 3.8) is 0 Å². The molecular formula is C11H15NO3. The zero-order valence-corrected chi connectivity index (χ0v) is 8.93. The Kier molecular flexibility index (Phi) is 4.24. The Morgan fingerprint density at radius 1 is 1.53 bits per heavy atom. The molecule has 0 fully saturated rings. The lowest BCUT2D eigenvalue weighted by molar-refractivity contribution is -0.126. The van der Waals surface area contributed by atoms with E-state index in [2.05, 4.69) is 4.98 Å². The molecule has 0 aliphatic heterocycles. The molecule has 4 heteroatoms. The third-order valence-corrected chi connectivity index (χ3v) is 1.97. The maximum absolute atomic E-state index is 11.2. The molecule has 0 saturated carbocycles. The Morgan fingerprint density at radius 2 is 2.27 bits per heavy atom. The Balaban J connectivity index is 2.32. The average molecular weight is 209 g/mol. The number of hydrogen-bond acceptors (Lipinski definition) is 4. The molecule has 1 N–H and O–H groups in total. The first kappa shape index (κ1) is 11.7. The minimum absolute atomic E-state index is 0.00272. The number of pyridine rings is 1. The number of hydrogen-bond donors (Lipinski definition) is 1. The van der Waals surface area contributed by atoms with Gasteiger partial charge in [-0.25, -0.2) is 4.98 Å². The van der Waals surface area contributed by atoms with Gasteiger partial charge in [0.1, 0.15) is 6.61 Å². The number of nitrogens with zero attached hydrogens (tertiary/aromatic N) is 1. The van der Waals surface area contributed by atoms with Crippen LogP contribution in [0.2, 0.25) is 0 Å². The number of aromatic hydroxyl groups is 1. The van der Waals surface area contributed by atoms with Crippen LogP contribution < -0.4 is 0 Å². The SMILES string of the molecule is CC(C)C(=O)COCc1ccc(O)nc1.